The Morgan fingerprint density at radius 3 is 2.39 bits per heavy atom. The van der Waals surface area contributed by atoms with E-state index >= 15 is 0 Å². The highest BCUT2D eigenvalue weighted by atomic mass is 19.4. The molecule has 0 aliphatic rings. The van der Waals surface area contributed by atoms with Crippen LogP contribution in [0.15, 0.2) is 59.7 Å². The summed E-state index contributed by atoms with van der Waals surface area (Å²) < 4.78 is 42.0. The number of hydrogen-bond acceptors (Lipinski definition) is 3. The van der Waals surface area contributed by atoms with Gasteiger partial charge in [0.25, 0.3) is 5.56 Å². The Hall–Kier alpha value is -3.13. The molecular weight excluding hydrogens is 371 g/mol. The minimum absolute atomic E-state index is 0.173. The van der Waals surface area contributed by atoms with E-state index in [0.717, 1.165) is 5.39 Å². The molecule has 3 aromatic heterocycles. The maximum absolute atomic E-state index is 13.0. The molecule has 1 aromatic carbocycles. The number of pyridine rings is 2. The van der Waals surface area contributed by atoms with Crippen molar-refractivity contribution in [2.75, 3.05) is 0 Å². The second kappa shape index (κ2) is 6.49. The second-order valence-electron chi connectivity index (χ2n) is 6.60. The number of fused-ring (bicyclic) bond motifs is 3. The smallest absolute Gasteiger partial charge is 0.382 e. The van der Waals surface area contributed by atoms with E-state index in [1.807, 2.05) is 0 Å². The third-order valence-electron chi connectivity index (χ3n) is 4.90. The minimum Gasteiger partial charge on any atom is -0.382 e. The van der Waals surface area contributed by atoms with E-state index in [1.165, 1.54) is 15.2 Å². The van der Waals surface area contributed by atoms with Crippen LogP contribution in [0.4, 0.5) is 13.2 Å². The standard InChI is InChI=1S/C20H16F3N3O2/c1-25-15-3-4-16-14(13(15)2-5-19(25)28)10-17(12-6-8-24-9-7-12)26(16)11-18(27)20(21,22)23/h2-10,18,27H,11H2,1H3. The lowest BCUT2D eigenvalue weighted by molar-refractivity contribution is -0.207. The number of hydrogen-bond donors (Lipinski definition) is 1. The molecule has 0 saturated carbocycles. The molecule has 5 nitrogen and oxygen atoms in total. The van der Waals surface area contributed by atoms with Crippen LogP contribution in [-0.4, -0.2) is 31.5 Å². The van der Waals surface area contributed by atoms with Crippen molar-refractivity contribution in [3.63, 3.8) is 0 Å². The van der Waals surface area contributed by atoms with Crippen molar-refractivity contribution in [2.24, 2.45) is 7.05 Å². The lowest BCUT2D eigenvalue weighted by Gasteiger charge is -2.18. The molecule has 0 saturated heterocycles. The van der Waals surface area contributed by atoms with Crippen molar-refractivity contribution in [3.05, 3.63) is 65.2 Å². The molecule has 4 rings (SSSR count). The number of alkyl halides is 3. The molecule has 28 heavy (non-hydrogen) atoms. The summed E-state index contributed by atoms with van der Waals surface area (Å²) in [7, 11) is 1.64. The molecule has 0 amide bonds. The molecule has 1 unspecified atom stereocenters. The molecule has 0 bridgehead atoms. The highest BCUT2D eigenvalue weighted by Gasteiger charge is 2.38. The van der Waals surface area contributed by atoms with Crippen molar-refractivity contribution < 1.29 is 18.3 Å². The fourth-order valence-corrected chi connectivity index (χ4v) is 3.43. The van der Waals surface area contributed by atoms with Crippen molar-refractivity contribution in [2.45, 2.75) is 18.8 Å². The number of benzene rings is 1. The maximum Gasteiger partial charge on any atom is 0.416 e. The zero-order chi connectivity index (χ0) is 20.1. The maximum atomic E-state index is 13.0. The van der Waals surface area contributed by atoms with Crippen molar-refractivity contribution in [1.29, 1.82) is 0 Å². The van der Waals surface area contributed by atoms with E-state index in [4.69, 9.17) is 0 Å². The molecule has 4 aromatic rings. The van der Waals surface area contributed by atoms with Crippen molar-refractivity contribution in [3.8, 4) is 11.3 Å². The van der Waals surface area contributed by atoms with Crippen LogP contribution in [0.25, 0.3) is 33.1 Å². The van der Waals surface area contributed by atoms with Gasteiger partial charge in [-0.25, -0.2) is 0 Å². The van der Waals surface area contributed by atoms with Crippen LogP contribution in [0.3, 0.4) is 0 Å². The third kappa shape index (κ3) is 2.95. The molecule has 0 spiro atoms. The molecule has 1 N–H and O–H groups in total. The predicted molar refractivity (Wildman–Crippen MR) is 100.0 cm³/mol. The summed E-state index contributed by atoms with van der Waals surface area (Å²) in [5.41, 5.74) is 2.25. The van der Waals surface area contributed by atoms with Gasteiger partial charge in [-0.2, -0.15) is 13.2 Å². The Balaban J connectivity index is 2.03. The summed E-state index contributed by atoms with van der Waals surface area (Å²) in [5.74, 6) is 0. The zero-order valence-electron chi connectivity index (χ0n) is 14.8. The highest BCUT2D eigenvalue weighted by Crippen LogP contribution is 2.34. The molecule has 0 aliphatic heterocycles. The topological polar surface area (TPSA) is 60.0 Å². The fourth-order valence-electron chi connectivity index (χ4n) is 3.43. The molecular formula is C20H16F3N3O2. The SMILES string of the molecule is Cn1c(=O)ccc2c3cc(-c4ccncc4)n(CC(O)C(F)(F)F)c3ccc21. The largest absolute Gasteiger partial charge is 0.416 e. The van der Waals surface area contributed by atoms with E-state index in [1.54, 1.807) is 55.8 Å². The first kappa shape index (κ1) is 18.2. The van der Waals surface area contributed by atoms with Crippen LogP contribution in [-0.2, 0) is 13.6 Å². The molecule has 0 radical (unpaired) electrons. The van der Waals surface area contributed by atoms with E-state index in [-0.39, 0.29) is 5.56 Å². The predicted octanol–water partition coefficient (Wildman–Crippen LogP) is 3.48. The van der Waals surface area contributed by atoms with Crippen LogP contribution in [0.2, 0.25) is 0 Å². The van der Waals surface area contributed by atoms with Gasteiger partial charge in [-0.3, -0.25) is 9.78 Å². The Bertz CT molecular complexity index is 1230. The fraction of sp³-hybridized carbons (Fsp3) is 0.200. The summed E-state index contributed by atoms with van der Waals surface area (Å²) in [6.45, 7) is -0.637. The van der Waals surface area contributed by atoms with Crippen LogP contribution < -0.4 is 5.56 Å². The Morgan fingerprint density at radius 1 is 1.04 bits per heavy atom. The van der Waals surface area contributed by atoms with Gasteiger partial charge in [0, 0.05) is 53.1 Å². The second-order valence-corrected chi connectivity index (χ2v) is 6.60. The lowest BCUT2D eigenvalue weighted by Crippen LogP contribution is -2.32. The molecule has 8 heteroatoms. The summed E-state index contributed by atoms with van der Waals surface area (Å²) in [4.78, 5) is 15.9. The van der Waals surface area contributed by atoms with E-state index in [0.29, 0.717) is 27.7 Å². The van der Waals surface area contributed by atoms with Crippen LogP contribution >= 0.6 is 0 Å². The summed E-state index contributed by atoms with van der Waals surface area (Å²) >= 11 is 0. The lowest BCUT2D eigenvalue weighted by atomic mass is 10.1. The van der Waals surface area contributed by atoms with Gasteiger partial charge in [0.2, 0.25) is 0 Å². The minimum atomic E-state index is -4.73. The van der Waals surface area contributed by atoms with Gasteiger partial charge >= 0.3 is 6.18 Å². The van der Waals surface area contributed by atoms with Gasteiger partial charge < -0.3 is 14.2 Å². The van der Waals surface area contributed by atoms with Gasteiger partial charge in [-0.05, 0) is 36.4 Å². The molecule has 3 heterocycles. The van der Waals surface area contributed by atoms with Crippen LogP contribution in [0.1, 0.15) is 0 Å². The molecule has 0 aliphatic carbocycles. The Labute approximate surface area is 157 Å². The third-order valence-corrected chi connectivity index (χ3v) is 4.90. The number of aromatic nitrogens is 3. The van der Waals surface area contributed by atoms with Gasteiger partial charge in [-0.1, -0.05) is 0 Å². The molecule has 1 atom stereocenters. The van der Waals surface area contributed by atoms with Gasteiger partial charge in [0.15, 0.2) is 6.10 Å². The van der Waals surface area contributed by atoms with E-state index in [9.17, 15) is 23.1 Å². The van der Waals surface area contributed by atoms with Crippen molar-refractivity contribution in [1.82, 2.24) is 14.1 Å². The monoisotopic (exact) mass is 387 g/mol. The average molecular weight is 387 g/mol. The number of aryl methyl sites for hydroxylation is 1. The summed E-state index contributed by atoms with van der Waals surface area (Å²) in [6.07, 6.45) is -4.12. The number of halogens is 3. The van der Waals surface area contributed by atoms with Gasteiger partial charge in [0.05, 0.1) is 12.1 Å². The normalized spacial score (nSPS) is 13.3. The zero-order valence-corrected chi connectivity index (χ0v) is 14.8. The number of rotatable bonds is 3. The molecule has 0 fully saturated rings. The summed E-state index contributed by atoms with van der Waals surface area (Å²) in [6, 6.07) is 11.6. The number of nitrogens with zero attached hydrogens (tertiary/aromatic N) is 3. The highest BCUT2D eigenvalue weighted by molar-refractivity contribution is 6.07. The first-order valence-electron chi connectivity index (χ1n) is 8.54. The number of aliphatic hydroxyl groups excluding tert-OH is 1. The first-order chi connectivity index (χ1) is 13.3. The summed E-state index contributed by atoms with van der Waals surface area (Å²) in [5, 5.41) is 11.1. The van der Waals surface area contributed by atoms with E-state index in [2.05, 4.69) is 4.98 Å². The average Bonchev–Trinajstić information content (AvgIpc) is 3.03. The van der Waals surface area contributed by atoms with E-state index < -0.39 is 18.8 Å². The Kier molecular flexibility index (Phi) is 4.23. The van der Waals surface area contributed by atoms with Crippen LogP contribution in [0.5, 0.6) is 0 Å². The Morgan fingerprint density at radius 2 is 1.71 bits per heavy atom. The number of aliphatic hydroxyl groups is 1. The first-order valence-corrected chi connectivity index (χ1v) is 8.54. The molecule has 144 valence electrons. The van der Waals surface area contributed by atoms with Gasteiger partial charge in [0.1, 0.15) is 0 Å². The quantitative estimate of drug-likeness (QED) is 0.586. The van der Waals surface area contributed by atoms with Crippen LogP contribution in [0, 0.1) is 0 Å². The van der Waals surface area contributed by atoms with Gasteiger partial charge in [-0.15, -0.1) is 0 Å². The van der Waals surface area contributed by atoms with Crippen molar-refractivity contribution >= 4 is 21.8 Å².